The minimum Gasteiger partial charge on any atom is -0.357 e. The molecule has 1 aromatic heterocycles. The van der Waals surface area contributed by atoms with Gasteiger partial charge in [-0.1, -0.05) is 47.5 Å². The number of nitrogens with zero attached hydrogens (tertiary/aromatic N) is 3. The first kappa shape index (κ1) is 16.1. The minimum absolute atomic E-state index is 0.492. The molecule has 0 spiro atoms. The van der Waals surface area contributed by atoms with Crippen LogP contribution in [0.5, 0.6) is 0 Å². The van der Waals surface area contributed by atoms with Gasteiger partial charge in [-0.3, -0.25) is 0 Å². The summed E-state index contributed by atoms with van der Waals surface area (Å²) in [5.41, 5.74) is 3.46. The average Bonchev–Trinajstić information content (AvgIpc) is 2.84. The van der Waals surface area contributed by atoms with E-state index in [-0.39, 0.29) is 0 Å². The summed E-state index contributed by atoms with van der Waals surface area (Å²) in [6, 6.07) is 10.8. The van der Waals surface area contributed by atoms with Crippen LogP contribution in [-0.2, 0) is 5.33 Å². The molecule has 0 amide bonds. The number of para-hydroxylation sites is 1. The van der Waals surface area contributed by atoms with Crippen LogP contribution in [0.2, 0.25) is 0 Å². The maximum absolute atomic E-state index is 4.76. The molecule has 2 rings (SSSR count). The van der Waals surface area contributed by atoms with Crippen molar-refractivity contribution >= 4 is 21.7 Å². The van der Waals surface area contributed by atoms with Crippen molar-refractivity contribution < 1.29 is 0 Å². The molecule has 0 aliphatic carbocycles. The smallest absolute Gasteiger partial charge is 0.136 e. The Balaban J connectivity index is 2.52. The van der Waals surface area contributed by atoms with Gasteiger partial charge >= 0.3 is 0 Å². The summed E-state index contributed by atoms with van der Waals surface area (Å²) in [6.07, 6.45) is 2.37. The van der Waals surface area contributed by atoms with Crippen LogP contribution in [0.4, 0.5) is 5.82 Å². The average molecular weight is 350 g/mol. The van der Waals surface area contributed by atoms with E-state index >= 15 is 0 Å². The van der Waals surface area contributed by atoms with E-state index in [0.717, 1.165) is 16.7 Å². The molecule has 1 atom stereocenters. The lowest BCUT2D eigenvalue weighted by Gasteiger charge is -2.28. The van der Waals surface area contributed by atoms with Crippen molar-refractivity contribution in [3.63, 3.8) is 0 Å². The third-order valence-corrected chi connectivity index (χ3v) is 4.55. The quantitative estimate of drug-likeness (QED) is 0.704. The first-order chi connectivity index (χ1) is 10.1. The molecule has 0 radical (unpaired) electrons. The zero-order chi connectivity index (χ0) is 15.4. The second-order valence-corrected chi connectivity index (χ2v) is 6.08. The number of alkyl halides is 1. The number of halogens is 1. The number of aromatic nitrogens is 2. The molecule has 0 aliphatic rings. The maximum atomic E-state index is 4.76. The van der Waals surface area contributed by atoms with E-state index in [0.29, 0.717) is 6.04 Å². The largest absolute Gasteiger partial charge is 0.357 e. The molecule has 0 saturated heterocycles. The van der Waals surface area contributed by atoms with Gasteiger partial charge in [0.1, 0.15) is 5.82 Å². The van der Waals surface area contributed by atoms with Crippen LogP contribution in [0.3, 0.4) is 0 Å². The predicted molar refractivity (Wildman–Crippen MR) is 93.7 cm³/mol. The Morgan fingerprint density at radius 2 is 1.95 bits per heavy atom. The minimum atomic E-state index is 0.492. The normalized spacial score (nSPS) is 12.4. The van der Waals surface area contributed by atoms with E-state index in [1.54, 1.807) is 0 Å². The summed E-state index contributed by atoms with van der Waals surface area (Å²) in [5.74, 6) is 1.19. The number of rotatable bonds is 6. The lowest BCUT2D eigenvalue weighted by molar-refractivity contribution is 0.602. The van der Waals surface area contributed by atoms with Crippen molar-refractivity contribution in [2.75, 3.05) is 11.9 Å². The van der Waals surface area contributed by atoms with Gasteiger partial charge < -0.3 is 4.90 Å². The van der Waals surface area contributed by atoms with E-state index in [1.165, 1.54) is 24.2 Å². The highest BCUT2D eigenvalue weighted by molar-refractivity contribution is 9.08. The summed E-state index contributed by atoms with van der Waals surface area (Å²) in [5, 5.41) is 5.58. The van der Waals surface area contributed by atoms with Gasteiger partial charge in [-0.25, -0.2) is 4.68 Å². The van der Waals surface area contributed by atoms with Crippen molar-refractivity contribution in [1.29, 1.82) is 0 Å². The third kappa shape index (κ3) is 3.31. The van der Waals surface area contributed by atoms with E-state index < -0.39 is 0 Å². The second kappa shape index (κ2) is 7.12. The highest BCUT2D eigenvalue weighted by Gasteiger charge is 2.21. The van der Waals surface area contributed by atoms with Gasteiger partial charge in [-0.2, -0.15) is 5.10 Å². The zero-order valence-electron chi connectivity index (χ0n) is 13.3. The first-order valence-corrected chi connectivity index (χ1v) is 8.65. The maximum Gasteiger partial charge on any atom is 0.136 e. The molecule has 0 fully saturated rings. The highest BCUT2D eigenvalue weighted by Crippen LogP contribution is 2.30. The van der Waals surface area contributed by atoms with Gasteiger partial charge in [0.25, 0.3) is 0 Å². The molecule has 0 aliphatic heterocycles. The van der Waals surface area contributed by atoms with Gasteiger partial charge in [0, 0.05) is 24.0 Å². The van der Waals surface area contributed by atoms with Crippen LogP contribution in [0, 0.1) is 6.92 Å². The molecule has 4 heteroatoms. The molecule has 1 heterocycles. The van der Waals surface area contributed by atoms with Crippen molar-refractivity contribution in [3.8, 4) is 5.69 Å². The summed E-state index contributed by atoms with van der Waals surface area (Å²) in [7, 11) is 2.17. The van der Waals surface area contributed by atoms with Crippen molar-refractivity contribution in [2.45, 2.75) is 45.0 Å². The molecule has 3 nitrogen and oxygen atoms in total. The van der Waals surface area contributed by atoms with Crippen LogP contribution in [0.15, 0.2) is 30.3 Å². The Bertz CT molecular complexity index is 577. The van der Waals surface area contributed by atoms with Crippen LogP contribution in [0.1, 0.15) is 37.9 Å². The van der Waals surface area contributed by atoms with Crippen LogP contribution < -0.4 is 4.90 Å². The van der Waals surface area contributed by atoms with Gasteiger partial charge in [-0.15, -0.1) is 0 Å². The van der Waals surface area contributed by atoms with E-state index in [4.69, 9.17) is 5.10 Å². The van der Waals surface area contributed by atoms with Crippen molar-refractivity contribution in [3.05, 3.63) is 41.6 Å². The number of anilines is 1. The van der Waals surface area contributed by atoms with Gasteiger partial charge in [0.05, 0.1) is 11.4 Å². The molecule has 0 saturated carbocycles. The molecule has 1 aromatic carbocycles. The lowest BCUT2D eigenvalue weighted by atomic mass is 10.1. The number of benzene rings is 1. The molecular formula is C17H24BrN3. The Kier molecular flexibility index (Phi) is 5.45. The Hall–Kier alpha value is -1.29. The monoisotopic (exact) mass is 349 g/mol. The topological polar surface area (TPSA) is 21.1 Å². The summed E-state index contributed by atoms with van der Waals surface area (Å²) < 4.78 is 2.07. The fourth-order valence-corrected chi connectivity index (χ4v) is 3.29. The Morgan fingerprint density at radius 1 is 1.29 bits per heavy atom. The molecule has 21 heavy (non-hydrogen) atoms. The number of hydrogen-bond donors (Lipinski definition) is 0. The zero-order valence-corrected chi connectivity index (χ0v) is 14.9. The highest BCUT2D eigenvalue weighted by atomic mass is 79.9. The summed E-state index contributed by atoms with van der Waals surface area (Å²) >= 11 is 3.62. The fraction of sp³-hybridized carbons (Fsp3) is 0.471. The summed E-state index contributed by atoms with van der Waals surface area (Å²) in [4.78, 5) is 2.35. The number of aryl methyl sites for hydroxylation is 1. The number of hydrogen-bond acceptors (Lipinski definition) is 2. The summed E-state index contributed by atoms with van der Waals surface area (Å²) in [6.45, 7) is 6.59. The fourth-order valence-electron chi connectivity index (χ4n) is 2.64. The van der Waals surface area contributed by atoms with Gasteiger partial charge in [0.2, 0.25) is 0 Å². The predicted octanol–water partition coefficient (Wildman–Crippen LogP) is 4.70. The molecule has 0 N–H and O–H groups in total. The van der Waals surface area contributed by atoms with E-state index in [1.807, 2.05) is 6.07 Å². The SMILES string of the molecule is CCCC(C)N(C)c1c(CBr)c(C)nn1-c1ccccc1. The first-order valence-electron chi connectivity index (χ1n) is 7.52. The molecular weight excluding hydrogens is 326 g/mol. The van der Waals surface area contributed by atoms with Gasteiger partial charge in [0.15, 0.2) is 0 Å². The van der Waals surface area contributed by atoms with Crippen LogP contribution in [0.25, 0.3) is 5.69 Å². The Morgan fingerprint density at radius 3 is 2.52 bits per heavy atom. The van der Waals surface area contributed by atoms with Crippen LogP contribution >= 0.6 is 15.9 Å². The lowest BCUT2D eigenvalue weighted by Crippen LogP contribution is -2.31. The Labute approximate surface area is 136 Å². The molecule has 0 bridgehead atoms. The van der Waals surface area contributed by atoms with Crippen molar-refractivity contribution in [2.24, 2.45) is 0 Å². The molecule has 114 valence electrons. The molecule has 1 unspecified atom stereocenters. The second-order valence-electron chi connectivity index (χ2n) is 5.52. The standard InChI is InChI=1S/C17H24BrN3/c1-5-9-13(2)20(4)17-16(12-18)14(3)19-21(17)15-10-7-6-8-11-15/h6-8,10-11,13H,5,9,12H2,1-4H3. The van der Waals surface area contributed by atoms with Crippen LogP contribution in [-0.4, -0.2) is 22.9 Å². The molecule has 2 aromatic rings. The van der Waals surface area contributed by atoms with Gasteiger partial charge in [-0.05, 0) is 32.4 Å². The van der Waals surface area contributed by atoms with E-state index in [2.05, 4.69) is 77.6 Å². The van der Waals surface area contributed by atoms with E-state index in [9.17, 15) is 0 Å². The third-order valence-electron chi connectivity index (χ3n) is 3.99. The van der Waals surface area contributed by atoms with Crippen molar-refractivity contribution in [1.82, 2.24) is 9.78 Å².